The normalized spacial score (nSPS) is 21.3. The van der Waals surface area contributed by atoms with E-state index in [1.165, 1.54) is 5.56 Å². The highest BCUT2D eigenvalue weighted by Gasteiger charge is 2.15. The van der Waals surface area contributed by atoms with Crippen LogP contribution in [0.1, 0.15) is 5.56 Å². The summed E-state index contributed by atoms with van der Waals surface area (Å²) in [5.74, 6) is 0.964. The van der Waals surface area contributed by atoms with Gasteiger partial charge in [0, 0.05) is 10.5 Å². The minimum Gasteiger partial charge on any atom is -0.492 e. The topological polar surface area (TPSA) is 35.2 Å². The quantitative estimate of drug-likeness (QED) is 0.733. The summed E-state index contributed by atoms with van der Waals surface area (Å²) in [7, 11) is 0. The molecule has 64 valence electrons. The number of nitrogens with two attached hydrogens (primary N) is 1. The van der Waals surface area contributed by atoms with Crippen LogP contribution in [0.15, 0.2) is 22.7 Å². The van der Waals surface area contributed by atoms with Gasteiger partial charge in [-0.3, -0.25) is 0 Å². The van der Waals surface area contributed by atoms with Crippen molar-refractivity contribution >= 4 is 15.9 Å². The van der Waals surface area contributed by atoms with Gasteiger partial charge in [-0.1, -0.05) is 22.0 Å². The summed E-state index contributed by atoms with van der Waals surface area (Å²) in [4.78, 5) is 0. The molecule has 0 saturated carbocycles. The largest absolute Gasteiger partial charge is 0.492 e. The van der Waals surface area contributed by atoms with Crippen LogP contribution in [0.25, 0.3) is 0 Å². The van der Waals surface area contributed by atoms with Crippen LogP contribution in [0.2, 0.25) is 0 Å². The molecule has 3 heteroatoms. The summed E-state index contributed by atoms with van der Waals surface area (Å²) in [6, 6.07) is 6.21. The average molecular weight is 228 g/mol. The predicted octanol–water partition coefficient (Wildman–Crippen LogP) is 1.71. The molecule has 0 bridgehead atoms. The molecule has 0 aliphatic carbocycles. The molecule has 1 aliphatic rings. The maximum atomic E-state index is 5.75. The van der Waals surface area contributed by atoms with Crippen LogP contribution in [0.3, 0.4) is 0 Å². The van der Waals surface area contributed by atoms with Crippen LogP contribution in [0, 0.1) is 0 Å². The summed E-state index contributed by atoms with van der Waals surface area (Å²) in [6.45, 7) is 0.628. The molecule has 1 aromatic carbocycles. The lowest BCUT2D eigenvalue weighted by molar-refractivity contribution is 0.263. The standard InChI is InChI=1S/C9H10BrNO/c10-7-2-1-6-3-8(11)5-12-9(6)4-7/h1-2,4,8H,3,5,11H2/t8-/m1/s1. The van der Waals surface area contributed by atoms with Crippen LogP contribution in [0.4, 0.5) is 0 Å². The molecule has 0 unspecified atom stereocenters. The second kappa shape index (κ2) is 3.07. The molecule has 0 radical (unpaired) electrons. The second-order valence-corrected chi connectivity index (χ2v) is 3.94. The lowest BCUT2D eigenvalue weighted by atomic mass is 10.0. The van der Waals surface area contributed by atoms with Crippen molar-refractivity contribution in [2.45, 2.75) is 12.5 Å². The van der Waals surface area contributed by atoms with Crippen LogP contribution in [0.5, 0.6) is 5.75 Å². The molecule has 2 N–H and O–H groups in total. The molecular weight excluding hydrogens is 218 g/mol. The van der Waals surface area contributed by atoms with E-state index in [1.54, 1.807) is 0 Å². The summed E-state index contributed by atoms with van der Waals surface area (Å²) in [5, 5.41) is 0. The Morgan fingerprint density at radius 1 is 1.50 bits per heavy atom. The maximum absolute atomic E-state index is 5.75. The van der Waals surface area contributed by atoms with Crippen LogP contribution in [-0.2, 0) is 6.42 Å². The predicted molar refractivity (Wildman–Crippen MR) is 51.3 cm³/mol. The van der Waals surface area contributed by atoms with E-state index in [2.05, 4.69) is 22.0 Å². The lowest BCUT2D eigenvalue weighted by Crippen LogP contribution is -2.33. The summed E-state index contributed by atoms with van der Waals surface area (Å²) < 4.78 is 6.51. The van der Waals surface area contributed by atoms with Crippen LogP contribution < -0.4 is 10.5 Å². The molecular formula is C9H10BrNO. The fraction of sp³-hybridized carbons (Fsp3) is 0.333. The Bertz CT molecular complexity index is 301. The number of rotatable bonds is 0. The van der Waals surface area contributed by atoms with Crippen molar-refractivity contribution < 1.29 is 4.74 Å². The number of ether oxygens (including phenoxy) is 1. The van der Waals surface area contributed by atoms with Gasteiger partial charge in [-0.2, -0.15) is 0 Å². The number of fused-ring (bicyclic) bond motifs is 1. The van der Waals surface area contributed by atoms with E-state index in [1.807, 2.05) is 12.1 Å². The smallest absolute Gasteiger partial charge is 0.123 e. The van der Waals surface area contributed by atoms with E-state index in [4.69, 9.17) is 10.5 Å². The van der Waals surface area contributed by atoms with Gasteiger partial charge in [0.15, 0.2) is 0 Å². The third-order valence-electron chi connectivity index (χ3n) is 1.96. The SMILES string of the molecule is N[C@H]1COc2cc(Br)ccc2C1. The first-order chi connectivity index (χ1) is 5.75. The molecule has 1 heterocycles. The highest BCUT2D eigenvalue weighted by atomic mass is 79.9. The Labute approximate surface area is 79.8 Å². The maximum Gasteiger partial charge on any atom is 0.123 e. The Morgan fingerprint density at radius 3 is 3.17 bits per heavy atom. The van der Waals surface area contributed by atoms with Crippen LogP contribution >= 0.6 is 15.9 Å². The fourth-order valence-corrected chi connectivity index (χ4v) is 1.71. The highest BCUT2D eigenvalue weighted by Crippen LogP contribution is 2.27. The van der Waals surface area contributed by atoms with E-state index in [0.717, 1.165) is 16.6 Å². The summed E-state index contributed by atoms with van der Waals surface area (Å²) in [5.41, 5.74) is 6.96. The Hall–Kier alpha value is -0.540. The van der Waals surface area contributed by atoms with Gasteiger partial charge in [-0.25, -0.2) is 0 Å². The van der Waals surface area contributed by atoms with Crippen molar-refractivity contribution in [1.29, 1.82) is 0 Å². The molecule has 0 saturated heterocycles. The van der Waals surface area contributed by atoms with E-state index in [9.17, 15) is 0 Å². The molecule has 2 nitrogen and oxygen atoms in total. The minimum absolute atomic E-state index is 0.152. The van der Waals surface area contributed by atoms with Gasteiger partial charge in [0.05, 0.1) is 0 Å². The van der Waals surface area contributed by atoms with Crippen molar-refractivity contribution in [3.05, 3.63) is 28.2 Å². The zero-order valence-electron chi connectivity index (χ0n) is 6.59. The van der Waals surface area contributed by atoms with Gasteiger partial charge in [0.1, 0.15) is 12.4 Å². The minimum atomic E-state index is 0.152. The molecule has 1 aliphatic heterocycles. The molecule has 1 aromatic rings. The number of halogens is 1. The zero-order chi connectivity index (χ0) is 8.55. The van der Waals surface area contributed by atoms with Crippen LogP contribution in [-0.4, -0.2) is 12.6 Å². The summed E-state index contributed by atoms with van der Waals surface area (Å²) in [6.07, 6.45) is 0.919. The monoisotopic (exact) mass is 227 g/mol. The van der Waals surface area contributed by atoms with Gasteiger partial charge in [-0.05, 0) is 24.1 Å². The van der Waals surface area contributed by atoms with Gasteiger partial charge in [0.25, 0.3) is 0 Å². The third-order valence-corrected chi connectivity index (χ3v) is 2.46. The Balaban J connectivity index is 2.37. The molecule has 0 fully saturated rings. The first-order valence-electron chi connectivity index (χ1n) is 3.92. The Kier molecular flexibility index (Phi) is 2.07. The molecule has 0 amide bonds. The lowest BCUT2D eigenvalue weighted by Gasteiger charge is -2.22. The first-order valence-corrected chi connectivity index (χ1v) is 4.72. The van der Waals surface area contributed by atoms with Crippen molar-refractivity contribution in [1.82, 2.24) is 0 Å². The van der Waals surface area contributed by atoms with Crippen molar-refractivity contribution in [2.24, 2.45) is 5.73 Å². The van der Waals surface area contributed by atoms with Gasteiger partial charge in [-0.15, -0.1) is 0 Å². The summed E-state index contributed by atoms with van der Waals surface area (Å²) >= 11 is 3.39. The number of hydrogen-bond donors (Lipinski definition) is 1. The van der Waals surface area contributed by atoms with E-state index < -0.39 is 0 Å². The second-order valence-electron chi connectivity index (χ2n) is 3.03. The number of benzene rings is 1. The average Bonchev–Trinajstić information content (AvgIpc) is 2.05. The third kappa shape index (κ3) is 1.47. The van der Waals surface area contributed by atoms with Gasteiger partial charge < -0.3 is 10.5 Å². The van der Waals surface area contributed by atoms with E-state index in [0.29, 0.717) is 6.61 Å². The molecule has 0 spiro atoms. The van der Waals surface area contributed by atoms with Crippen molar-refractivity contribution in [2.75, 3.05) is 6.61 Å². The van der Waals surface area contributed by atoms with Crippen molar-refractivity contribution in [3.63, 3.8) is 0 Å². The van der Waals surface area contributed by atoms with Crippen molar-refractivity contribution in [3.8, 4) is 5.75 Å². The molecule has 12 heavy (non-hydrogen) atoms. The number of hydrogen-bond acceptors (Lipinski definition) is 2. The van der Waals surface area contributed by atoms with Gasteiger partial charge in [0.2, 0.25) is 0 Å². The fourth-order valence-electron chi connectivity index (χ4n) is 1.37. The highest BCUT2D eigenvalue weighted by molar-refractivity contribution is 9.10. The molecule has 2 rings (SSSR count). The molecule has 0 aromatic heterocycles. The Morgan fingerprint density at radius 2 is 2.33 bits per heavy atom. The first kappa shape index (κ1) is 8.08. The molecule has 1 atom stereocenters. The van der Waals surface area contributed by atoms with E-state index in [-0.39, 0.29) is 6.04 Å². The van der Waals surface area contributed by atoms with E-state index >= 15 is 0 Å². The zero-order valence-corrected chi connectivity index (χ0v) is 8.17. The van der Waals surface area contributed by atoms with Gasteiger partial charge >= 0.3 is 0 Å².